The molecule has 5 aliphatic rings. The van der Waals surface area contributed by atoms with Crippen molar-refractivity contribution >= 4 is 0 Å². The van der Waals surface area contributed by atoms with E-state index in [0.717, 1.165) is 44.9 Å². The molecule has 0 bridgehead atoms. The Kier molecular flexibility index (Phi) is 6.90. The van der Waals surface area contributed by atoms with Crippen molar-refractivity contribution in [3.63, 3.8) is 0 Å². The van der Waals surface area contributed by atoms with Crippen LogP contribution in [0.15, 0.2) is 0 Å². The normalized spacial score (nSPS) is 59.2. The molecule has 8 nitrogen and oxygen atoms in total. The molecule has 4 aliphatic carbocycles. The Bertz CT molecular complexity index is 823. The van der Waals surface area contributed by atoms with Crippen LogP contribution in [-0.4, -0.2) is 86.8 Å². The van der Waals surface area contributed by atoms with E-state index in [1.165, 1.54) is 0 Å². The van der Waals surface area contributed by atoms with Gasteiger partial charge >= 0.3 is 0 Å². The van der Waals surface area contributed by atoms with Crippen LogP contribution in [0.1, 0.15) is 79.1 Å². The standard InChI is InChI=1S/C28H48O8/c1-25-10-9-20(31)26(2,14-35-24-23(34)22(33)21(32)17(13-29)36-24)18(25)8-12-28(4)19(25)6-5-15-16(30)7-11-27(15,28)3/h15-24,29-34H,5-14H2,1-4H3/t15-,16+,17-,18+,19-,20-,21-,22+,23-,24-,25-,26-,27+,28-/m1/s1. The van der Waals surface area contributed by atoms with E-state index in [1.54, 1.807) is 0 Å². The minimum Gasteiger partial charge on any atom is -0.394 e. The van der Waals surface area contributed by atoms with Crippen LogP contribution < -0.4 is 0 Å². The summed E-state index contributed by atoms with van der Waals surface area (Å²) in [6.07, 6.45) is 0.459. The number of rotatable bonds is 4. The average Bonchev–Trinajstić information content (AvgIpc) is 3.15. The number of ether oxygens (including phenoxy) is 2. The van der Waals surface area contributed by atoms with Crippen molar-refractivity contribution in [3.8, 4) is 0 Å². The van der Waals surface area contributed by atoms with Crippen LogP contribution in [0.2, 0.25) is 0 Å². The Balaban J connectivity index is 1.39. The number of hydrogen-bond acceptors (Lipinski definition) is 8. The molecule has 0 spiro atoms. The molecule has 1 saturated heterocycles. The van der Waals surface area contributed by atoms with Gasteiger partial charge in [-0.15, -0.1) is 0 Å². The van der Waals surface area contributed by atoms with E-state index in [1.807, 2.05) is 0 Å². The molecule has 5 fully saturated rings. The van der Waals surface area contributed by atoms with Gasteiger partial charge in [0, 0.05) is 5.41 Å². The summed E-state index contributed by atoms with van der Waals surface area (Å²) in [5, 5.41) is 62.4. The predicted molar refractivity (Wildman–Crippen MR) is 132 cm³/mol. The first-order chi connectivity index (χ1) is 16.8. The number of hydrogen-bond donors (Lipinski definition) is 6. The lowest BCUT2D eigenvalue weighted by molar-refractivity contribution is -0.316. The lowest BCUT2D eigenvalue weighted by Gasteiger charge is -2.70. The Morgan fingerprint density at radius 2 is 1.44 bits per heavy atom. The molecule has 0 unspecified atom stereocenters. The van der Waals surface area contributed by atoms with Crippen LogP contribution in [0.4, 0.5) is 0 Å². The van der Waals surface area contributed by atoms with E-state index in [0.29, 0.717) is 18.3 Å². The molecule has 0 radical (unpaired) electrons. The fourth-order valence-corrected chi connectivity index (χ4v) is 10.2. The van der Waals surface area contributed by atoms with E-state index in [9.17, 15) is 30.6 Å². The van der Waals surface area contributed by atoms with Crippen molar-refractivity contribution in [1.82, 2.24) is 0 Å². The molecule has 1 aliphatic heterocycles. The Morgan fingerprint density at radius 3 is 2.14 bits per heavy atom. The molecule has 6 N–H and O–H groups in total. The van der Waals surface area contributed by atoms with E-state index in [4.69, 9.17) is 9.47 Å². The predicted octanol–water partition coefficient (Wildman–Crippen LogP) is 1.57. The Hall–Kier alpha value is -0.320. The molecule has 5 rings (SSSR count). The molecule has 208 valence electrons. The van der Waals surface area contributed by atoms with Gasteiger partial charge in [-0.25, -0.2) is 0 Å². The van der Waals surface area contributed by atoms with Crippen LogP contribution in [0, 0.1) is 39.4 Å². The van der Waals surface area contributed by atoms with Crippen molar-refractivity contribution < 1.29 is 40.1 Å². The molecular formula is C28H48O8. The largest absolute Gasteiger partial charge is 0.394 e. The van der Waals surface area contributed by atoms with Gasteiger partial charge < -0.3 is 40.1 Å². The monoisotopic (exact) mass is 512 g/mol. The van der Waals surface area contributed by atoms with Gasteiger partial charge in [0.1, 0.15) is 24.4 Å². The summed E-state index contributed by atoms with van der Waals surface area (Å²) in [5.74, 6) is 1.08. The van der Waals surface area contributed by atoms with Gasteiger partial charge in [0.05, 0.1) is 25.4 Å². The van der Waals surface area contributed by atoms with E-state index >= 15 is 0 Å². The zero-order chi connectivity index (χ0) is 26.3. The van der Waals surface area contributed by atoms with Gasteiger partial charge in [-0.1, -0.05) is 27.7 Å². The lowest BCUT2D eigenvalue weighted by Crippen LogP contribution is -2.65. The second kappa shape index (κ2) is 9.12. The fraction of sp³-hybridized carbons (Fsp3) is 1.00. The van der Waals surface area contributed by atoms with E-state index in [-0.39, 0.29) is 34.9 Å². The molecule has 14 atom stereocenters. The van der Waals surface area contributed by atoms with E-state index < -0.39 is 48.8 Å². The van der Waals surface area contributed by atoms with Crippen molar-refractivity contribution in [3.05, 3.63) is 0 Å². The Morgan fingerprint density at radius 1 is 0.750 bits per heavy atom. The topological polar surface area (TPSA) is 140 Å². The summed E-state index contributed by atoms with van der Waals surface area (Å²) in [5.41, 5.74) is -0.288. The summed E-state index contributed by atoms with van der Waals surface area (Å²) in [7, 11) is 0. The highest BCUT2D eigenvalue weighted by Crippen LogP contribution is 2.74. The summed E-state index contributed by atoms with van der Waals surface area (Å²) in [6.45, 7) is 9.03. The third-order valence-electron chi connectivity index (χ3n) is 12.5. The van der Waals surface area contributed by atoms with Gasteiger partial charge in [0.25, 0.3) is 0 Å². The minimum atomic E-state index is -1.48. The zero-order valence-corrected chi connectivity index (χ0v) is 22.3. The first-order valence-electron chi connectivity index (χ1n) is 14.1. The summed E-state index contributed by atoms with van der Waals surface area (Å²) in [4.78, 5) is 0. The summed E-state index contributed by atoms with van der Waals surface area (Å²) in [6, 6.07) is 0. The van der Waals surface area contributed by atoms with Crippen LogP contribution >= 0.6 is 0 Å². The maximum Gasteiger partial charge on any atom is 0.186 e. The molecular weight excluding hydrogens is 464 g/mol. The average molecular weight is 513 g/mol. The maximum atomic E-state index is 11.3. The molecule has 36 heavy (non-hydrogen) atoms. The number of fused-ring (bicyclic) bond motifs is 5. The van der Waals surface area contributed by atoms with Gasteiger partial charge in [-0.3, -0.25) is 0 Å². The lowest BCUT2D eigenvalue weighted by atomic mass is 9.35. The fourth-order valence-electron chi connectivity index (χ4n) is 10.2. The third-order valence-corrected chi connectivity index (χ3v) is 12.5. The quantitative estimate of drug-likeness (QED) is 0.334. The molecule has 4 saturated carbocycles. The second-order valence-electron chi connectivity index (χ2n) is 13.8. The second-order valence-corrected chi connectivity index (χ2v) is 13.8. The van der Waals surface area contributed by atoms with Crippen LogP contribution in [0.25, 0.3) is 0 Å². The van der Waals surface area contributed by atoms with Gasteiger partial charge in [0.2, 0.25) is 0 Å². The van der Waals surface area contributed by atoms with E-state index in [2.05, 4.69) is 27.7 Å². The van der Waals surface area contributed by atoms with Crippen molar-refractivity contribution in [2.24, 2.45) is 39.4 Å². The molecule has 0 aromatic carbocycles. The van der Waals surface area contributed by atoms with Crippen LogP contribution in [0.5, 0.6) is 0 Å². The summed E-state index contributed by atoms with van der Waals surface area (Å²) >= 11 is 0. The molecule has 0 amide bonds. The number of aliphatic hydroxyl groups is 6. The highest BCUT2D eigenvalue weighted by atomic mass is 16.7. The SMILES string of the molecule is C[C@@]1(CO[C@@H]2O[C@H](CO)[C@@H](O)[C@H](O)[C@H]2O)[C@H]2CC[C@]3(C)[C@H](CC[C@@H]4[C@@H](O)CC[C@@]43C)[C@]2(C)CC[C@H]1O. The number of aliphatic hydroxyl groups excluding tert-OH is 6. The molecule has 0 aromatic heterocycles. The molecule has 0 aromatic rings. The van der Waals surface area contributed by atoms with Gasteiger partial charge in [-0.05, 0) is 85.4 Å². The highest BCUT2D eigenvalue weighted by molar-refractivity contribution is 5.17. The maximum absolute atomic E-state index is 11.3. The van der Waals surface area contributed by atoms with Crippen molar-refractivity contribution in [1.29, 1.82) is 0 Å². The molecule has 1 heterocycles. The first-order valence-corrected chi connectivity index (χ1v) is 14.1. The minimum absolute atomic E-state index is 0.0151. The highest BCUT2D eigenvalue weighted by Gasteiger charge is 2.69. The van der Waals surface area contributed by atoms with Crippen LogP contribution in [-0.2, 0) is 9.47 Å². The van der Waals surface area contributed by atoms with Crippen LogP contribution in [0.3, 0.4) is 0 Å². The zero-order valence-electron chi connectivity index (χ0n) is 22.3. The third kappa shape index (κ3) is 3.62. The van der Waals surface area contributed by atoms with Crippen molar-refractivity contribution in [2.75, 3.05) is 13.2 Å². The van der Waals surface area contributed by atoms with Crippen molar-refractivity contribution in [2.45, 2.75) is 122 Å². The Labute approximate surface area is 215 Å². The van der Waals surface area contributed by atoms with Gasteiger partial charge in [-0.2, -0.15) is 0 Å². The summed E-state index contributed by atoms with van der Waals surface area (Å²) < 4.78 is 11.7. The molecule has 8 heteroatoms. The van der Waals surface area contributed by atoms with Gasteiger partial charge in [0.15, 0.2) is 6.29 Å². The first kappa shape index (κ1) is 27.3. The smallest absolute Gasteiger partial charge is 0.186 e.